The fourth-order valence-corrected chi connectivity index (χ4v) is 2.46. The maximum absolute atomic E-state index is 5.74. The lowest BCUT2D eigenvalue weighted by Gasteiger charge is -2.39. The highest BCUT2D eigenvalue weighted by atomic mass is 16.7. The van der Waals surface area contributed by atoms with Gasteiger partial charge in [-0.25, -0.2) is 4.98 Å². The number of hydrogen-bond donors (Lipinski definition) is 0. The Balaban J connectivity index is 1.77. The van der Waals surface area contributed by atoms with Crippen molar-refractivity contribution < 1.29 is 9.47 Å². The summed E-state index contributed by atoms with van der Waals surface area (Å²) in [6.07, 6.45) is 3.92. The molecule has 0 N–H and O–H groups in total. The maximum Gasteiger partial charge on any atom is 0.186 e. The van der Waals surface area contributed by atoms with E-state index in [0.29, 0.717) is 0 Å². The standard InChI is InChI=1S/C12H16N2O2/c1-2-6-13-11(4-1)14-7-3-5-12(10-14)15-8-9-16-12/h1-2,4,6H,3,5,7-10H2. The first-order valence-electron chi connectivity index (χ1n) is 5.82. The third-order valence-electron chi connectivity index (χ3n) is 3.20. The summed E-state index contributed by atoms with van der Waals surface area (Å²) in [7, 11) is 0. The van der Waals surface area contributed by atoms with E-state index in [1.165, 1.54) is 0 Å². The SMILES string of the molecule is c1ccc(N2CCCC3(C2)OCCO3)nc1. The van der Waals surface area contributed by atoms with E-state index in [4.69, 9.17) is 9.47 Å². The van der Waals surface area contributed by atoms with Gasteiger partial charge in [0.1, 0.15) is 5.82 Å². The molecule has 0 unspecified atom stereocenters. The average Bonchev–Trinajstić information content (AvgIpc) is 2.78. The zero-order valence-electron chi connectivity index (χ0n) is 9.26. The zero-order chi connectivity index (χ0) is 10.8. The number of pyridine rings is 1. The molecular formula is C12H16N2O2. The highest BCUT2D eigenvalue weighted by Crippen LogP contribution is 2.31. The second-order valence-corrected chi connectivity index (χ2v) is 4.32. The van der Waals surface area contributed by atoms with Gasteiger partial charge >= 0.3 is 0 Å². The summed E-state index contributed by atoms with van der Waals surface area (Å²) >= 11 is 0. The van der Waals surface area contributed by atoms with Crippen LogP contribution in [0.1, 0.15) is 12.8 Å². The first-order chi connectivity index (χ1) is 7.88. The van der Waals surface area contributed by atoms with E-state index in [1.54, 1.807) is 0 Å². The van der Waals surface area contributed by atoms with Crippen molar-refractivity contribution in [2.75, 3.05) is 31.2 Å². The molecule has 2 saturated heterocycles. The van der Waals surface area contributed by atoms with Crippen molar-refractivity contribution in [1.82, 2.24) is 4.98 Å². The van der Waals surface area contributed by atoms with Gasteiger partial charge in [-0.1, -0.05) is 6.07 Å². The topological polar surface area (TPSA) is 34.6 Å². The van der Waals surface area contributed by atoms with Crippen LogP contribution >= 0.6 is 0 Å². The predicted octanol–water partition coefficient (Wildman–Crippen LogP) is 1.42. The van der Waals surface area contributed by atoms with E-state index in [9.17, 15) is 0 Å². The van der Waals surface area contributed by atoms with Crippen molar-refractivity contribution >= 4 is 5.82 Å². The minimum Gasteiger partial charge on any atom is -0.351 e. The Bertz CT molecular complexity index is 349. The molecule has 0 saturated carbocycles. The van der Waals surface area contributed by atoms with Gasteiger partial charge in [0.25, 0.3) is 0 Å². The third kappa shape index (κ3) is 1.79. The molecule has 2 aliphatic heterocycles. The summed E-state index contributed by atoms with van der Waals surface area (Å²) in [6.45, 7) is 3.27. The molecule has 1 aromatic rings. The first kappa shape index (κ1) is 10.1. The molecule has 1 aromatic heterocycles. The number of ether oxygens (including phenoxy) is 2. The van der Waals surface area contributed by atoms with Gasteiger partial charge in [0, 0.05) is 19.2 Å². The smallest absolute Gasteiger partial charge is 0.186 e. The summed E-state index contributed by atoms with van der Waals surface area (Å²) < 4.78 is 11.5. The molecule has 0 atom stereocenters. The largest absolute Gasteiger partial charge is 0.351 e. The molecule has 1 spiro atoms. The Morgan fingerprint density at radius 2 is 2.12 bits per heavy atom. The van der Waals surface area contributed by atoms with Crippen molar-refractivity contribution in [3.63, 3.8) is 0 Å². The number of nitrogens with zero attached hydrogens (tertiary/aromatic N) is 2. The highest BCUT2D eigenvalue weighted by molar-refractivity contribution is 5.38. The first-order valence-corrected chi connectivity index (χ1v) is 5.82. The molecule has 4 nitrogen and oxygen atoms in total. The minimum absolute atomic E-state index is 0.365. The normalized spacial score (nSPS) is 23.9. The van der Waals surface area contributed by atoms with Gasteiger partial charge in [0.05, 0.1) is 19.8 Å². The quantitative estimate of drug-likeness (QED) is 0.717. The second kappa shape index (κ2) is 4.03. The average molecular weight is 220 g/mol. The van der Waals surface area contributed by atoms with Gasteiger partial charge in [-0.3, -0.25) is 0 Å². The van der Waals surface area contributed by atoms with E-state index >= 15 is 0 Å². The lowest BCUT2D eigenvalue weighted by Crippen LogP contribution is -2.49. The molecule has 0 aliphatic carbocycles. The van der Waals surface area contributed by atoms with Gasteiger partial charge < -0.3 is 14.4 Å². The highest BCUT2D eigenvalue weighted by Gasteiger charge is 2.40. The van der Waals surface area contributed by atoms with Crippen molar-refractivity contribution in [2.24, 2.45) is 0 Å². The number of piperidine rings is 1. The van der Waals surface area contributed by atoms with Crippen LogP contribution in [0.15, 0.2) is 24.4 Å². The number of hydrogen-bond acceptors (Lipinski definition) is 4. The number of rotatable bonds is 1. The minimum atomic E-state index is -0.365. The fourth-order valence-electron chi connectivity index (χ4n) is 2.46. The Kier molecular flexibility index (Phi) is 2.53. The van der Waals surface area contributed by atoms with E-state index in [2.05, 4.69) is 9.88 Å². The van der Waals surface area contributed by atoms with Gasteiger partial charge in [0.2, 0.25) is 0 Å². The van der Waals surface area contributed by atoms with Crippen molar-refractivity contribution in [1.29, 1.82) is 0 Å². The molecule has 0 radical (unpaired) electrons. The van der Waals surface area contributed by atoms with Crippen LogP contribution in [0, 0.1) is 0 Å². The monoisotopic (exact) mass is 220 g/mol. The fraction of sp³-hybridized carbons (Fsp3) is 0.583. The van der Waals surface area contributed by atoms with Gasteiger partial charge in [-0.05, 0) is 18.6 Å². The molecular weight excluding hydrogens is 204 g/mol. The zero-order valence-corrected chi connectivity index (χ0v) is 9.26. The Morgan fingerprint density at radius 3 is 2.88 bits per heavy atom. The molecule has 2 fully saturated rings. The lowest BCUT2D eigenvalue weighted by molar-refractivity contribution is -0.161. The Hall–Kier alpha value is -1.13. The molecule has 0 bridgehead atoms. The summed E-state index contributed by atoms with van der Waals surface area (Å²) in [5, 5.41) is 0. The second-order valence-electron chi connectivity index (χ2n) is 4.32. The van der Waals surface area contributed by atoms with Crippen molar-refractivity contribution in [2.45, 2.75) is 18.6 Å². The van der Waals surface area contributed by atoms with Crippen LogP contribution in [-0.2, 0) is 9.47 Å². The lowest BCUT2D eigenvalue weighted by atomic mass is 10.0. The summed E-state index contributed by atoms with van der Waals surface area (Å²) in [4.78, 5) is 6.62. The molecule has 2 aliphatic rings. The van der Waals surface area contributed by atoms with Gasteiger partial charge in [0.15, 0.2) is 5.79 Å². The van der Waals surface area contributed by atoms with Crippen LogP contribution in [-0.4, -0.2) is 37.1 Å². The van der Waals surface area contributed by atoms with Crippen LogP contribution in [0.5, 0.6) is 0 Å². The number of aromatic nitrogens is 1. The van der Waals surface area contributed by atoms with Gasteiger partial charge in [-0.15, -0.1) is 0 Å². The number of anilines is 1. The van der Waals surface area contributed by atoms with E-state index in [1.807, 2.05) is 24.4 Å². The van der Waals surface area contributed by atoms with Crippen LogP contribution in [0.3, 0.4) is 0 Å². The van der Waals surface area contributed by atoms with E-state index in [-0.39, 0.29) is 5.79 Å². The molecule has 0 aromatic carbocycles. The van der Waals surface area contributed by atoms with Crippen molar-refractivity contribution in [3.05, 3.63) is 24.4 Å². The predicted molar refractivity (Wildman–Crippen MR) is 60.3 cm³/mol. The Labute approximate surface area is 95.2 Å². The van der Waals surface area contributed by atoms with Gasteiger partial charge in [-0.2, -0.15) is 0 Å². The van der Waals surface area contributed by atoms with Crippen LogP contribution in [0.2, 0.25) is 0 Å². The Morgan fingerprint density at radius 1 is 1.25 bits per heavy atom. The van der Waals surface area contributed by atoms with Crippen LogP contribution < -0.4 is 4.90 Å². The summed E-state index contributed by atoms with van der Waals surface area (Å²) in [5.41, 5.74) is 0. The summed E-state index contributed by atoms with van der Waals surface area (Å²) in [6, 6.07) is 5.99. The summed E-state index contributed by atoms with van der Waals surface area (Å²) in [5.74, 6) is 0.649. The maximum atomic E-state index is 5.74. The van der Waals surface area contributed by atoms with Crippen LogP contribution in [0.4, 0.5) is 5.82 Å². The third-order valence-corrected chi connectivity index (χ3v) is 3.20. The molecule has 3 rings (SSSR count). The van der Waals surface area contributed by atoms with Crippen molar-refractivity contribution in [3.8, 4) is 0 Å². The molecule has 86 valence electrons. The molecule has 0 amide bonds. The van der Waals surface area contributed by atoms with E-state index in [0.717, 1.165) is 45.0 Å². The molecule has 16 heavy (non-hydrogen) atoms. The van der Waals surface area contributed by atoms with E-state index < -0.39 is 0 Å². The molecule has 3 heterocycles. The molecule has 4 heteroatoms. The van der Waals surface area contributed by atoms with Crippen LogP contribution in [0.25, 0.3) is 0 Å².